The fourth-order valence-corrected chi connectivity index (χ4v) is 5.56. The van der Waals surface area contributed by atoms with E-state index in [9.17, 15) is 23.2 Å². The Labute approximate surface area is 186 Å². The van der Waals surface area contributed by atoms with Crippen LogP contribution in [-0.4, -0.2) is 23.2 Å². The highest BCUT2D eigenvalue weighted by Gasteiger charge is 2.51. The fraction of sp³-hybridized carbons (Fsp3) is 0.0526. The number of hydrogen-bond acceptors (Lipinski definition) is 4. The summed E-state index contributed by atoms with van der Waals surface area (Å²) < 4.78 is 34.0. The summed E-state index contributed by atoms with van der Waals surface area (Å²) in [6.07, 6.45) is 0. The maximum Gasteiger partial charge on any atom is 0.283 e. The summed E-state index contributed by atoms with van der Waals surface area (Å²) in [7, 11) is -5.09. The van der Waals surface area contributed by atoms with Crippen molar-refractivity contribution in [3.8, 4) is 11.5 Å². The summed E-state index contributed by atoms with van der Waals surface area (Å²) in [6.45, 7) is 0. The fourth-order valence-electron chi connectivity index (χ4n) is 3.19. The molecule has 0 spiro atoms. The second-order valence-electron chi connectivity index (χ2n) is 6.07. The van der Waals surface area contributed by atoms with Crippen LogP contribution in [0.1, 0.15) is 16.7 Å². The molecule has 1 atom stereocenters. The van der Waals surface area contributed by atoms with Crippen LogP contribution in [-0.2, 0) is 14.9 Å². The van der Waals surface area contributed by atoms with Crippen molar-refractivity contribution < 1.29 is 23.2 Å². The number of halogens is 4. The molecule has 0 heterocycles. The second kappa shape index (κ2) is 7.87. The molecule has 5 nitrogen and oxygen atoms in total. The Morgan fingerprint density at radius 3 is 1.97 bits per heavy atom. The van der Waals surface area contributed by atoms with E-state index in [4.69, 9.17) is 46.4 Å². The molecular weight excluding hydrogens is 482 g/mol. The molecular formula is C19H12Cl4O5S. The molecule has 152 valence electrons. The van der Waals surface area contributed by atoms with Crippen molar-refractivity contribution in [2.24, 2.45) is 0 Å². The highest BCUT2D eigenvalue weighted by atomic mass is 35.5. The lowest BCUT2D eigenvalue weighted by Gasteiger charge is -2.34. The van der Waals surface area contributed by atoms with Gasteiger partial charge < -0.3 is 10.2 Å². The zero-order valence-corrected chi connectivity index (χ0v) is 18.1. The van der Waals surface area contributed by atoms with Crippen LogP contribution in [0.2, 0.25) is 20.1 Å². The average molecular weight is 494 g/mol. The van der Waals surface area contributed by atoms with Crippen LogP contribution in [0.3, 0.4) is 0 Å². The van der Waals surface area contributed by atoms with Crippen molar-refractivity contribution in [1.29, 1.82) is 0 Å². The summed E-state index contributed by atoms with van der Waals surface area (Å²) in [5.41, 5.74) is -0.463. The van der Waals surface area contributed by atoms with E-state index in [1.54, 1.807) is 6.07 Å². The van der Waals surface area contributed by atoms with Crippen molar-refractivity contribution >= 4 is 56.5 Å². The third kappa shape index (κ3) is 3.54. The van der Waals surface area contributed by atoms with Gasteiger partial charge in [0.15, 0.2) is 10.5 Å². The number of rotatable bonds is 4. The van der Waals surface area contributed by atoms with Gasteiger partial charge in [-0.15, -0.1) is 0 Å². The maximum atomic E-state index is 13.0. The second-order valence-corrected chi connectivity index (χ2v) is 9.20. The van der Waals surface area contributed by atoms with Crippen LogP contribution in [0.15, 0.2) is 54.6 Å². The van der Waals surface area contributed by atoms with Gasteiger partial charge in [0, 0.05) is 16.1 Å². The van der Waals surface area contributed by atoms with Crippen LogP contribution in [0.4, 0.5) is 0 Å². The smallest absolute Gasteiger partial charge is 0.283 e. The standard InChI is InChI=1S/C19H12Cl4O5S/c20-14-7-6-11(24)8-12(14)19(29(26,27)28,10-4-2-1-3-5-10)13-9-15(21)17(23)18(25)16(13)22/h1-9,24-25H,(H,26,27,28). The van der Waals surface area contributed by atoms with Crippen LogP contribution < -0.4 is 0 Å². The van der Waals surface area contributed by atoms with Gasteiger partial charge in [-0.25, -0.2) is 0 Å². The summed E-state index contributed by atoms with van der Waals surface area (Å²) in [6, 6.07) is 12.3. The molecule has 3 N–H and O–H groups in total. The van der Waals surface area contributed by atoms with Crippen molar-refractivity contribution in [3.05, 3.63) is 91.4 Å². The largest absolute Gasteiger partial charge is 0.508 e. The van der Waals surface area contributed by atoms with Crippen molar-refractivity contribution in [1.82, 2.24) is 0 Å². The average Bonchev–Trinajstić information content (AvgIpc) is 2.67. The van der Waals surface area contributed by atoms with E-state index >= 15 is 0 Å². The third-order valence-corrected chi connectivity index (χ3v) is 7.35. The molecule has 0 fully saturated rings. The van der Waals surface area contributed by atoms with Crippen LogP contribution in [0.5, 0.6) is 11.5 Å². The Morgan fingerprint density at radius 2 is 1.38 bits per heavy atom. The molecule has 0 bridgehead atoms. The lowest BCUT2D eigenvalue weighted by Crippen LogP contribution is -2.39. The zero-order chi connectivity index (χ0) is 21.6. The van der Waals surface area contributed by atoms with E-state index in [0.29, 0.717) is 0 Å². The molecule has 0 aliphatic rings. The van der Waals surface area contributed by atoms with Gasteiger partial charge in [-0.2, -0.15) is 8.42 Å². The minimum atomic E-state index is -5.09. The molecule has 29 heavy (non-hydrogen) atoms. The van der Waals surface area contributed by atoms with Gasteiger partial charge >= 0.3 is 0 Å². The Kier molecular flexibility index (Phi) is 5.98. The first-order chi connectivity index (χ1) is 13.5. The highest BCUT2D eigenvalue weighted by Crippen LogP contribution is 2.53. The van der Waals surface area contributed by atoms with E-state index in [1.165, 1.54) is 36.4 Å². The molecule has 10 heteroatoms. The van der Waals surface area contributed by atoms with Crippen LogP contribution in [0.25, 0.3) is 0 Å². The Hall–Kier alpha value is -1.67. The topological polar surface area (TPSA) is 94.8 Å². The monoisotopic (exact) mass is 492 g/mol. The van der Waals surface area contributed by atoms with Gasteiger partial charge in [0.25, 0.3) is 10.1 Å². The molecule has 0 aromatic heterocycles. The van der Waals surface area contributed by atoms with E-state index < -0.39 is 25.6 Å². The normalized spacial score (nSPS) is 13.8. The summed E-state index contributed by atoms with van der Waals surface area (Å²) in [4.78, 5) is 0. The van der Waals surface area contributed by atoms with Crippen molar-refractivity contribution in [2.45, 2.75) is 4.75 Å². The number of phenols is 2. The number of phenolic OH excluding ortho intramolecular Hbond substituents is 2. The number of benzene rings is 3. The quantitative estimate of drug-likeness (QED) is 0.239. The first-order valence-corrected chi connectivity index (χ1v) is 10.9. The van der Waals surface area contributed by atoms with Gasteiger partial charge in [0.05, 0.1) is 10.0 Å². The number of hydrogen-bond donors (Lipinski definition) is 3. The predicted octanol–water partition coefficient (Wildman–Crippen LogP) is 5.89. The summed E-state index contributed by atoms with van der Waals surface area (Å²) >= 11 is 24.6. The Bertz CT molecular complexity index is 1200. The third-order valence-electron chi connectivity index (χ3n) is 4.41. The van der Waals surface area contributed by atoms with Gasteiger partial charge in [0.2, 0.25) is 0 Å². The molecule has 3 rings (SSSR count). The van der Waals surface area contributed by atoms with Crippen LogP contribution >= 0.6 is 46.4 Å². The molecule has 1 unspecified atom stereocenters. The van der Waals surface area contributed by atoms with Crippen molar-refractivity contribution in [3.63, 3.8) is 0 Å². The van der Waals surface area contributed by atoms with E-state index in [2.05, 4.69) is 0 Å². The van der Waals surface area contributed by atoms with Crippen LogP contribution in [0, 0.1) is 0 Å². The molecule has 0 saturated heterocycles. The van der Waals surface area contributed by atoms with Crippen molar-refractivity contribution in [2.75, 3.05) is 0 Å². The molecule has 0 saturated carbocycles. The maximum absolute atomic E-state index is 13.0. The Balaban J connectivity index is 2.65. The SMILES string of the molecule is O=S(=O)(O)C(c1ccccc1)(c1cc(O)ccc1Cl)c1cc(Cl)c(Cl)c(O)c1Cl. The molecule has 0 radical (unpaired) electrons. The molecule has 0 amide bonds. The molecule has 3 aromatic carbocycles. The predicted molar refractivity (Wildman–Crippen MR) is 114 cm³/mol. The first-order valence-electron chi connectivity index (χ1n) is 7.90. The van der Waals surface area contributed by atoms with E-state index in [-0.39, 0.29) is 37.5 Å². The first kappa shape index (κ1) is 22.0. The van der Waals surface area contributed by atoms with Gasteiger partial charge in [0.1, 0.15) is 10.8 Å². The van der Waals surface area contributed by atoms with E-state index in [0.717, 1.165) is 12.1 Å². The van der Waals surface area contributed by atoms with Gasteiger partial charge in [-0.05, 0) is 29.8 Å². The molecule has 0 aliphatic heterocycles. The molecule has 0 aliphatic carbocycles. The lowest BCUT2D eigenvalue weighted by atomic mass is 9.83. The summed E-state index contributed by atoms with van der Waals surface area (Å²) in [5, 5.41) is 19.3. The lowest BCUT2D eigenvalue weighted by molar-refractivity contribution is 0.455. The minimum absolute atomic E-state index is 0.0367. The number of aromatic hydroxyl groups is 2. The molecule has 3 aromatic rings. The van der Waals surface area contributed by atoms with Gasteiger partial charge in [-0.1, -0.05) is 76.7 Å². The summed E-state index contributed by atoms with van der Waals surface area (Å²) in [5.74, 6) is -0.982. The zero-order valence-electron chi connectivity index (χ0n) is 14.3. The minimum Gasteiger partial charge on any atom is -0.508 e. The van der Waals surface area contributed by atoms with E-state index in [1.807, 2.05) is 0 Å². The van der Waals surface area contributed by atoms with Gasteiger partial charge in [-0.3, -0.25) is 4.55 Å². The highest BCUT2D eigenvalue weighted by molar-refractivity contribution is 7.87. The Morgan fingerprint density at radius 1 is 0.759 bits per heavy atom.